The smallest absolute Gasteiger partial charge is 0.313 e. The van der Waals surface area contributed by atoms with E-state index in [9.17, 15) is 9.90 Å². The SMILES string of the molecule is CC1(C)CC[C@]2(C(=O)OCc3cn(Cc4ccccc4Cl)nn3)CC[C@]3(C)C(=CC[C@@H]4[C@@]5(C)CC[C@H](O)[C@@](C)(COCc6cn(Cc7ccccc7Cl)nn6)[C@@H]5CC[C@]43C)[C@@H]2C1. The van der Waals surface area contributed by atoms with Crippen LogP contribution in [0.15, 0.2) is 72.6 Å². The number of ether oxygens (including phenoxy) is 2. The standard InChI is InChI=1S/C50H64Cl2N6O4/c1-45(2)21-23-50(44(60)62-31-36-29-58(56-54-36)27-34-12-8-10-14-40(34)52)24-22-48(5)37(38(50)25-45)15-16-42-46(3)19-18-43(59)47(4,41(46)17-20-49(42,48)6)32-61-30-35-28-57(55-53-35)26-33-11-7-9-13-39(33)51/h7-15,28-29,38,41-43,59H,16-27,30-32H2,1-6H3/t38-,41+,42+,43-,46-,47-,48+,49+,50-/m0/s1. The van der Waals surface area contributed by atoms with Gasteiger partial charge < -0.3 is 14.6 Å². The number of nitrogens with zero attached hydrogens (tertiary/aromatic N) is 6. The zero-order chi connectivity index (χ0) is 43.7. The predicted molar refractivity (Wildman–Crippen MR) is 240 cm³/mol. The van der Waals surface area contributed by atoms with Crippen LogP contribution < -0.4 is 0 Å². The summed E-state index contributed by atoms with van der Waals surface area (Å²) in [5.41, 5.74) is 4.06. The van der Waals surface area contributed by atoms with Gasteiger partial charge in [0.2, 0.25) is 0 Å². The molecule has 4 fully saturated rings. The highest BCUT2D eigenvalue weighted by Crippen LogP contribution is 2.76. The molecular formula is C50H64Cl2N6O4. The van der Waals surface area contributed by atoms with Crippen LogP contribution in [0.2, 0.25) is 10.0 Å². The second kappa shape index (κ2) is 16.1. The molecule has 62 heavy (non-hydrogen) atoms. The number of aromatic nitrogens is 6. The highest BCUT2D eigenvalue weighted by molar-refractivity contribution is 6.31. The van der Waals surface area contributed by atoms with Gasteiger partial charge in [-0.05, 0) is 127 Å². The highest BCUT2D eigenvalue weighted by atomic mass is 35.5. The maximum atomic E-state index is 14.7. The number of carbonyl (C=O) groups is 1. The van der Waals surface area contributed by atoms with Gasteiger partial charge in [-0.2, -0.15) is 0 Å². The molecule has 332 valence electrons. The summed E-state index contributed by atoms with van der Waals surface area (Å²) in [4.78, 5) is 14.7. The van der Waals surface area contributed by atoms with E-state index in [-0.39, 0.29) is 40.2 Å². The van der Waals surface area contributed by atoms with Crippen LogP contribution in [0.5, 0.6) is 0 Å². The van der Waals surface area contributed by atoms with E-state index in [1.807, 2.05) is 60.9 Å². The van der Waals surface area contributed by atoms with Crippen molar-refractivity contribution in [3.8, 4) is 0 Å². The van der Waals surface area contributed by atoms with Crippen LogP contribution in [-0.4, -0.2) is 53.8 Å². The van der Waals surface area contributed by atoms with Gasteiger partial charge in [-0.3, -0.25) is 4.79 Å². The van der Waals surface area contributed by atoms with E-state index >= 15 is 0 Å². The number of hydrogen-bond donors (Lipinski definition) is 1. The van der Waals surface area contributed by atoms with Crippen LogP contribution in [0.4, 0.5) is 0 Å². The van der Waals surface area contributed by atoms with Crippen LogP contribution >= 0.6 is 23.2 Å². The van der Waals surface area contributed by atoms with Gasteiger partial charge in [0, 0.05) is 15.5 Å². The molecule has 2 heterocycles. The fourth-order valence-corrected chi connectivity index (χ4v) is 14.2. The Morgan fingerprint density at radius 3 is 2.03 bits per heavy atom. The minimum absolute atomic E-state index is 0.0239. The third kappa shape index (κ3) is 7.37. The van der Waals surface area contributed by atoms with Gasteiger partial charge in [-0.1, -0.05) is 123 Å². The molecule has 0 saturated heterocycles. The average Bonchev–Trinajstić information content (AvgIpc) is 3.89. The first-order valence-electron chi connectivity index (χ1n) is 22.9. The fourth-order valence-electron chi connectivity index (χ4n) is 13.8. The van der Waals surface area contributed by atoms with Crippen molar-refractivity contribution in [3.63, 3.8) is 0 Å². The Morgan fingerprint density at radius 1 is 0.774 bits per heavy atom. The second-order valence-electron chi connectivity index (χ2n) is 21.5. The van der Waals surface area contributed by atoms with Crippen molar-refractivity contribution in [2.45, 2.75) is 138 Å². The molecule has 9 atom stereocenters. The van der Waals surface area contributed by atoms with Gasteiger partial charge in [-0.15, -0.1) is 10.2 Å². The molecule has 0 aliphatic heterocycles. The lowest BCUT2D eigenvalue weighted by atomic mass is 9.33. The summed E-state index contributed by atoms with van der Waals surface area (Å²) in [5.74, 6) is 0.805. The summed E-state index contributed by atoms with van der Waals surface area (Å²) in [6.45, 7) is 16.6. The molecule has 5 aliphatic carbocycles. The van der Waals surface area contributed by atoms with Crippen LogP contribution in [0, 0.1) is 50.2 Å². The number of esters is 1. The lowest BCUT2D eigenvalue weighted by Crippen LogP contribution is -2.66. The molecule has 0 bridgehead atoms. The maximum Gasteiger partial charge on any atom is 0.313 e. The predicted octanol–water partition coefficient (Wildman–Crippen LogP) is 10.7. The number of hydrogen-bond acceptors (Lipinski definition) is 8. The first kappa shape index (κ1) is 43.7. The van der Waals surface area contributed by atoms with Gasteiger partial charge in [0.1, 0.15) is 18.0 Å². The molecule has 4 saturated carbocycles. The number of benzene rings is 2. The third-order valence-electron chi connectivity index (χ3n) is 17.6. The van der Waals surface area contributed by atoms with E-state index in [4.69, 9.17) is 32.7 Å². The van der Waals surface area contributed by atoms with E-state index in [0.717, 1.165) is 81.0 Å². The van der Waals surface area contributed by atoms with Gasteiger partial charge in [0.25, 0.3) is 0 Å². The zero-order valence-corrected chi connectivity index (χ0v) is 38.9. The maximum absolute atomic E-state index is 14.7. The van der Waals surface area contributed by atoms with Gasteiger partial charge in [-0.25, -0.2) is 9.36 Å². The molecule has 0 radical (unpaired) electrons. The molecule has 1 N–H and O–H groups in total. The number of carbonyl (C=O) groups excluding carboxylic acids is 1. The molecule has 0 unspecified atom stereocenters. The molecule has 10 nitrogen and oxygen atoms in total. The Labute approximate surface area is 377 Å². The van der Waals surface area contributed by atoms with Gasteiger partial charge in [0.15, 0.2) is 0 Å². The van der Waals surface area contributed by atoms with E-state index in [1.54, 1.807) is 9.36 Å². The molecule has 0 amide bonds. The number of allylic oxidation sites excluding steroid dienone is 2. The van der Waals surface area contributed by atoms with Crippen molar-refractivity contribution >= 4 is 29.2 Å². The molecule has 2 aromatic heterocycles. The van der Waals surface area contributed by atoms with Crippen molar-refractivity contribution < 1.29 is 19.4 Å². The fraction of sp³-hybridized carbons (Fsp3) is 0.620. The van der Waals surface area contributed by atoms with Gasteiger partial charge >= 0.3 is 5.97 Å². The molecule has 12 heteroatoms. The van der Waals surface area contributed by atoms with Crippen molar-refractivity contribution in [1.29, 1.82) is 0 Å². The number of aliphatic hydroxyl groups is 1. The van der Waals surface area contributed by atoms with E-state index in [2.05, 4.69) is 68.2 Å². The van der Waals surface area contributed by atoms with Crippen molar-refractivity contribution in [2.24, 2.45) is 50.2 Å². The molecule has 9 rings (SSSR count). The summed E-state index contributed by atoms with van der Waals surface area (Å²) in [6, 6.07) is 15.5. The van der Waals surface area contributed by atoms with E-state index in [0.29, 0.717) is 53.9 Å². The van der Waals surface area contributed by atoms with Crippen LogP contribution in [-0.2, 0) is 40.6 Å². The zero-order valence-electron chi connectivity index (χ0n) is 37.4. The Morgan fingerprint density at radius 2 is 1.39 bits per heavy atom. The highest BCUT2D eigenvalue weighted by Gasteiger charge is 2.70. The number of rotatable bonds is 11. The Balaban J connectivity index is 0.915. The first-order valence-corrected chi connectivity index (χ1v) is 23.6. The normalized spacial score (nSPS) is 34.9. The monoisotopic (exact) mass is 882 g/mol. The van der Waals surface area contributed by atoms with E-state index < -0.39 is 16.9 Å². The lowest BCUT2D eigenvalue weighted by molar-refractivity contribution is -0.221. The summed E-state index contributed by atoms with van der Waals surface area (Å²) in [7, 11) is 0. The van der Waals surface area contributed by atoms with Crippen molar-refractivity contribution in [3.05, 3.63) is 105 Å². The molecule has 2 aromatic carbocycles. The second-order valence-corrected chi connectivity index (χ2v) is 22.3. The molecule has 5 aliphatic rings. The molecule has 0 spiro atoms. The third-order valence-corrected chi connectivity index (χ3v) is 18.3. The minimum atomic E-state index is -0.552. The Hall–Kier alpha value is -3.57. The number of aliphatic hydroxyl groups excluding tert-OH is 1. The van der Waals surface area contributed by atoms with Gasteiger partial charge in [0.05, 0.1) is 50.2 Å². The van der Waals surface area contributed by atoms with Crippen LogP contribution in [0.1, 0.15) is 128 Å². The minimum Gasteiger partial charge on any atom is -0.459 e. The Kier molecular flexibility index (Phi) is 11.4. The van der Waals surface area contributed by atoms with Crippen LogP contribution in [0.25, 0.3) is 0 Å². The lowest BCUT2D eigenvalue weighted by Gasteiger charge is -2.71. The molecule has 4 aromatic rings. The van der Waals surface area contributed by atoms with E-state index in [1.165, 1.54) is 5.57 Å². The summed E-state index contributed by atoms with van der Waals surface area (Å²) in [6.07, 6.45) is 15.4. The van der Waals surface area contributed by atoms with Crippen LogP contribution in [0.3, 0.4) is 0 Å². The number of fused-ring (bicyclic) bond motifs is 7. The summed E-state index contributed by atoms with van der Waals surface area (Å²) >= 11 is 12.8. The number of halogens is 2. The Bertz CT molecular complexity index is 2340. The average molecular weight is 884 g/mol. The topological polar surface area (TPSA) is 117 Å². The molecular weight excluding hydrogens is 819 g/mol. The summed E-state index contributed by atoms with van der Waals surface area (Å²) in [5, 5.41) is 30.6. The van der Waals surface area contributed by atoms with Crippen molar-refractivity contribution in [1.82, 2.24) is 30.0 Å². The first-order chi connectivity index (χ1) is 29.5. The summed E-state index contributed by atoms with van der Waals surface area (Å²) < 4.78 is 16.3. The quantitative estimate of drug-likeness (QED) is 0.117. The van der Waals surface area contributed by atoms with Crippen molar-refractivity contribution in [2.75, 3.05) is 6.61 Å². The largest absolute Gasteiger partial charge is 0.459 e.